The Hall–Kier alpha value is -0.860. The van der Waals surface area contributed by atoms with Crippen LogP contribution in [0.25, 0.3) is 0 Å². The third-order valence-corrected chi connectivity index (χ3v) is 2.83. The second-order valence-electron chi connectivity index (χ2n) is 4.74. The minimum absolute atomic E-state index is 0.494. The molecule has 2 nitrogen and oxygen atoms in total. The molecule has 3 N–H and O–H groups in total. The molecule has 1 aromatic rings. The summed E-state index contributed by atoms with van der Waals surface area (Å²) >= 11 is 0. The number of rotatable bonds is 6. The highest BCUT2D eigenvalue weighted by atomic mass is 14.9. The molecule has 0 spiro atoms. The first-order valence-electron chi connectivity index (χ1n) is 6.15. The van der Waals surface area contributed by atoms with Gasteiger partial charge in [0.1, 0.15) is 0 Å². The fourth-order valence-electron chi connectivity index (χ4n) is 1.79. The fraction of sp³-hybridized carbons (Fsp3) is 0.571. The SMILES string of the molecule is CC(Cc1ccc(C(C)C)cc1)NCCN. The Morgan fingerprint density at radius 3 is 2.25 bits per heavy atom. The molecule has 1 atom stereocenters. The van der Waals surface area contributed by atoms with Gasteiger partial charge in [0, 0.05) is 19.1 Å². The summed E-state index contributed by atoms with van der Waals surface area (Å²) in [7, 11) is 0. The highest BCUT2D eigenvalue weighted by molar-refractivity contribution is 5.25. The quantitative estimate of drug-likeness (QED) is 0.772. The lowest BCUT2D eigenvalue weighted by molar-refractivity contribution is 0.553. The minimum Gasteiger partial charge on any atom is -0.329 e. The van der Waals surface area contributed by atoms with E-state index in [0.717, 1.165) is 13.0 Å². The Balaban J connectivity index is 2.48. The smallest absolute Gasteiger partial charge is 0.00796 e. The first kappa shape index (κ1) is 13.2. The molecule has 2 heteroatoms. The van der Waals surface area contributed by atoms with Gasteiger partial charge in [0.15, 0.2) is 0 Å². The van der Waals surface area contributed by atoms with Gasteiger partial charge in [0.05, 0.1) is 0 Å². The number of hydrogen-bond acceptors (Lipinski definition) is 2. The zero-order valence-electron chi connectivity index (χ0n) is 10.7. The number of hydrogen-bond donors (Lipinski definition) is 2. The van der Waals surface area contributed by atoms with Gasteiger partial charge >= 0.3 is 0 Å². The number of benzene rings is 1. The van der Waals surface area contributed by atoms with Crippen LogP contribution in [0.4, 0.5) is 0 Å². The highest BCUT2D eigenvalue weighted by Gasteiger charge is 2.03. The van der Waals surface area contributed by atoms with Crippen molar-refractivity contribution in [1.82, 2.24) is 5.32 Å². The van der Waals surface area contributed by atoms with E-state index in [9.17, 15) is 0 Å². The van der Waals surface area contributed by atoms with Crippen molar-refractivity contribution in [1.29, 1.82) is 0 Å². The first-order valence-corrected chi connectivity index (χ1v) is 6.15. The second kappa shape index (κ2) is 6.66. The lowest BCUT2D eigenvalue weighted by atomic mass is 9.99. The van der Waals surface area contributed by atoms with E-state index in [2.05, 4.69) is 50.4 Å². The van der Waals surface area contributed by atoms with Gasteiger partial charge < -0.3 is 11.1 Å². The van der Waals surface area contributed by atoms with E-state index in [1.807, 2.05) is 0 Å². The van der Waals surface area contributed by atoms with E-state index >= 15 is 0 Å². The Morgan fingerprint density at radius 1 is 1.12 bits per heavy atom. The topological polar surface area (TPSA) is 38.0 Å². The summed E-state index contributed by atoms with van der Waals surface area (Å²) in [6.45, 7) is 8.24. The molecule has 0 aliphatic carbocycles. The Kier molecular flexibility index (Phi) is 5.50. The molecule has 0 saturated carbocycles. The first-order chi connectivity index (χ1) is 7.63. The van der Waals surface area contributed by atoms with Crippen molar-refractivity contribution in [2.45, 2.75) is 39.2 Å². The Bertz CT molecular complexity index is 290. The standard InChI is InChI=1S/C14H24N2/c1-11(2)14-6-4-13(5-7-14)10-12(3)16-9-8-15/h4-7,11-12,16H,8-10,15H2,1-3H3. The van der Waals surface area contributed by atoms with Gasteiger partial charge in [-0.25, -0.2) is 0 Å². The molecule has 0 aliphatic heterocycles. The van der Waals surface area contributed by atoms with Crippen LogP contribution in [0.15, 0.2) is 24.3 Å². The van der Waals surface area contributed by atoms with Crippen molar-refractivity contribution < 1.29 is 0 Å². The largest absolute Gasteiger partial charge is 0.329 e. The van der Waals surface area contributed by atoms with Crippen molar-refractivity contribution in [3.05, 3.63) is 35.4 Å². The predicted octanol–water partition coefficient (Wildman–Crippen LogP) is 2.29. The van der Waals surface area contributed by atoms with Crippen LogP contribution < -0.4 is 11.1 Å². The molecule has 0 radical (unpaired) electrons. The molecular weight excluding hydrogens is 196 g/mol. The van der Waals surface area contributed by atoms with E-state index in [-0.39, 0.29) is 0 Å². The van der Waals surface area contributed by atoms with Crippen LogP contribution in [0.2, 0.25) is 0 Å². The molecule has 0 saturated heterocycles. The van der Waals surface area contributed by atoms with E-state index in [4.69, 9.17) is 5.73 Å². The van der Waals surface area contributed by atoms with Crippen molar-refractivity contribution in [2.24, 2.45) is 5.73 Å². The normalized spacial score (nSPS) is 13.1. The van der Waals surface area contributed by atoms with Crippen molar-refractivity contribution in [3.8, 4) is 0 Å². The zero-order valence-corrected chi connectivity index (χ0v) is 10.7. The van der Waals surface area contributed by atoms with Crippen LogP contribution >= 0.6 is 0 Å². The molecule has 0 amide bonds. The highest BCUT2D eigenvalue weighted by Crippen LogP contribution is 2.15. The molecule has 1 rings (SSSR count). The molecule has 90 valence electrons. The summed E-state index contributed by atoms with van der Waals surface area (Å²) in [5.74, 6) is 0.613. The Morgan fingerprint density at radius 2 is 1.75 bits per heavy atom. The maximum absolute atomic E-state index is 5.46. The van der Waals surface area contributed by atoms with Gasteiger partial charge in [-0.05, 0) is 30.4 Å². The molecule has 1 unspecified atom stereocenters. The fourth-order valence-corrected chi connectivity index (χ4v) is 1.79. The predicted molar refractivity (Wildman–Crippen MR) is 70.8 cm³/mol. The molecule has 16 heavy (non-hydrogen) atoms. The summed E-state index contributed by atoms with van der Waals surface area (Å²) in [5, 5.41) is 3.39. The molecular formula is C14H24N2. The van der Waals surface area contributed by atoms with Crippen LogP contribution in [0.3, 0.4) is 0 Å². The van der Waals surface area contributed by atoms with Crippen LogP contribution in [0.5, 0.6) is 0 Å². The van der Waals surface area contributed by atoms with Crippen molar-refractivity contribution in [3.63, 3.8) is 0 Å². The summed E-state index contributed by atoms with van der Waals surface area (Å²) < 4.78 is 0. The lowest BCUT2D eigenvalue weighted by Crippen LogP contribution is -2.32. The zero-order chi connectivity index (χ0) is 12.0. The second-order valence-corrected chi connectivity index (χ2v) is 4.74. The van der Waals surface area contributed by atoms with E-state index in [1.165, 1.54) is 11.1 Å². The molecule has 1 aromatic carbocycles. The number of nitrogens with two attached hydrogens (primary N) is 1. The molecule has 0 aromatic heterocycles. The van der Waals surface area contributed by atoms with E-state index < -0.39 is 0 Å². The summed E-state index contributed by atoms with van der Waals surface area (Å²) in [4.78, 5) is 0. The molecule has 0 heterocycles. The molecule has 0 aliphatic rings. The van der Waals surface area contributed by atoms with Gasteiger partial charge in [-0.1, -0.05) is 38.1 Å². The van der Waals surface area contributed by atoms with Gasteiger partial charge in [-0.15, -0.1) is 0 Å². The summed E-state index contributed by atoms with van der Waals surface area (Å²) in [6, 6.07) is 9.42. The summed E-state index contributed by atoms with van der Waals surface area (Å²) in [5.41, 5.74) is 8.26. The molecule has 0 bridgehead atoms. The monoisotopic (exact) mass is 220 g/mol. The molecule has 0 fully saturated rings. The Labute approximate surface area is 99.2 Å². The average Bonchev–Trinajstić information content (AvgIpc) is 2.27. The van der Waals surface area contributed by atoms with Gasteiger partial charge in [-0.3, -0.25) is 0 Å². The van der Waals surface area contributed by atoms with Crippen LogP contribution in [0, 0.1) is 0 Å². The van der Waals surface area contributed by atoms with Crippen molar-refractivity contribution in [2.75, 3.05) is 13.1 Å². The maximum Gasteiger partial charge on any atom is 0.00796 e. The summed E-state index contributed by atoms with van der Waals surface area (Å²) in [6.07, 6.45) is 1.07. The van der Waals surface area contributed by atoms with Gasteiger partial charge in [0.2, 0.25) is 0 Å². The van der Waals surface area contributed by atoms with Crippen LogP contribution in [-0.4, -0.2) is 19.1 Å². The van der Waals surface area contributed by atoms with E-state index in [1.54, 1.807) is 0 Å². The van der Waals surface area contributed by atoms with E-state index in [0.29, 0.717) is 18.5 Å². The van der Waals surface area contributed by atoms with Crippen LogP contribution in [-0.2, 0) is 6.42 Å². The lowest BCUT2D eigenvalue weighted by Gasteiger charge is -2.13. The van der Waals surface area contributed by atoms with Gasteiger partial charge in [0.25, 0.3) is 0 Å². The number of nitrogens with one attached hydrogen (secondary N) is 1. The third-order valence-electron chi connectivity index (χ3n) is 2.83. The average molecular weight is 220 g/mol. The maximum atomic E-state index is 5.46. The van der Waals surface area contributed by atoms with Gasteiger partial charge in [-0.2, -0.15) is 0 Å². The minimum atomic E-state index is 0.494. The third kappa shape index (κ3) is 4.33. The van der Waals surface area contributed by atoms with Crippen molar-refractivity contribution >= 4 is 0 Å². The van der Waals surface area contributed by atoms with Crippen LogP contribution in [0.1, 0.15) is 37.8 Å².